The molecular weight excluding hydrogens is 435 g/mol. The van der Waals surface area contributed by atoms with Crippen LogP contribution in [0.3, 0.4) is 0 Å². The van der Waals surface area contributed by atoms with Gasteiger partial charge in [-0.25, -0.2) is 23.2 Å². The zero-order valence-corrected chi connectivity index (χ0v) is 17.9. The highest BCUT2D eigenvalue weighted by atomic mass is 32.2. The van der Waals surface area contributed by atoms with Crippen molar-refractivity contribution in [1.29, 1.82) is 0 Å². The highest BCUT2D eigenvalue weighted by Gasteiger charge is 2.26. The first-order valence-corrected chi connectivity index (χ1v) is 11.8. The number of aryl methyl sites for hydroxylation is 1. The molecule has 3 heterocycles. The molecule has 3 aromatic rings. The number of amides is 2. The summed E-state index contributed by atoms with van der Waals surface area (Å²) in [4.78, 5) is 16.9. The van der Waals surface area contributed by atoms with Crippen LogP contribution < -0.4 is 15.2 Å². The number of nitrogens with two attached hydrogens (primary N) is 1. The first-order valence-electron chi connectivity index (χ1n) is 10.2. The standard InChI is InChI=1S/C21H21FN6O3S/c22-17-11-16(13-5-7-24-8-6-13)19(15-4-1-3-14(15)17)26-21(29)27-32(23,30)18-12-25-28-9-2-10-31-20(18)28/h5-8,11-12H,1-4,9-10H2,(H3,23,26,27,29,30). The number of anilines is 1. The fraction of sp³-hybridized carbons (Fsp3) is 0.286. The van der Waals surface area contributed by atoms with E-state index in [0.29, 0.717) is 48.4 Å². The van der Waals surface area contributed by atoms with Crippen LogP contribution in [-0.2, 0) is 29.3 Å². The average Bonchev–Trinajstić information content (AvgIpc) is 3.44. The number of nitrogens with one attached hydrogen (secondary N) is 1. The van der Waals surface area contributed by atoms with Crippen molar-refractivity contribution in [3.05, 3.63) is 53.7 Å². The van der Waals surface area contributed by atoms with Crippen LogP contribution in [-0.4, -0.2) is 31.6 Å². The normalized spacial score (nSPS) is 16.4. The number of benzene rings is 1. The number of urea groups is 1. The van der Waals surface area contributed by atoms with E-state index in [1.165, 1.54) is 12.3 Å². The highest BCUT2D eigenvalue weighted by molar-refractivity contribution is 7.91. The Morgan fingerprint density at radius 1 is 1.25 bits per heavy atom. The summed E-state index contributed by atoms with van der Waals surface area (Å²) < 4.78 is 38.7. The molecule has 0 radical (unpaired) electrons. The second-order valence-corrected chi connectivity index (χ2v) is 9.42. The molecule has 5 rings (SSSR count). The number of hydrogen-bond donors (Lipinski definition) is 2. The summed E-state index contributed by atoms with van der Waals surface area (Å²) in [5, 5.41) is 12.8. The Morgan fingerprint density at radius 2 is 2.03 bits per heavy atom. The smallest absolute Gasteiger partial charge is 0.354 e. The highest BCUT2D eigenvalue weighted by Crippen LogP contribution is 2.39. The Hall–Kier alpha value is -3.31. The van der Waals surface area contributed by atoms with E-state index in [1.807, 2.05) is 0 Å². The third kappa shape index (κ3) is 3.63. The number of nitrogens with zero attached hydrogens (tertiary/aromatic N) is 4. The monoisotopic (exact) mass is 456 g/mol. The number of hydrogen-bond acceptors (Lipinski definition) is 5. The molecule has 0 saturated carbocycles. The quantitative estimate of drug-likeness (QED) is 0.626. The maximum absolute atomic E-state index is 14.7. The van der Waals surface area contributed by atoms with Gasteiger partial charge in [-0.2, -0.15) is 5.10 Å². The molecule has 1 atom stereocenters. The molecule has 11 heteroatoms. The fourth-order valence-electron chi connectivity index (χ4n) is 4.18. The van der Waals surface area contributed by atoms with Crippen LogP contribution in [0.15, 0.2) is 46.0 Å². The van der Waals surface area contributed by atoms with E-state index in [2.05, 4.69) is 19.8 Å². The topological polar surface area (TPSA) is 124 Å². The van der Waals surface area contributed by atoms with Gasteiger partial charge in [-0.15, -0.1) is 4.36 Å². The predicted molar refractivity (Wildman–Crippen MR) is 116 cm³/mol. The third-order valence-corrected chi connectivity index (χ3v) is 6.97. The lowest BCUT2D eigenvalue weighted by molar-refractivity contribution is 0.224. The molecule has 0 spiro atoms. The average molecular weight is 457 g/mol. The summed E-state index contributed by atoms with van der Waals surface area (Å²) in [6, 6.07) is 3.97. The van der Waals surface area contributed by atoms with E-state index in [1.54, 1.807) is 29.2 Å². The molecule has 1 unspecified atom stereocenters. The molecule has 9 nitrogen and oxygen atoms in total. The van der Waals surface area contributed by atoms with Gasteiger partial charge in [-0.1, -0.05) is 0 Å². The molecule has 0 saturated heterocycles. The molecule has 1 aliphatic heterocycles. The lowest BCUT2D eigenvalue weighted by atomic mass is 9.97. The van der Waals surface area contributed by atoms with Gasteiger partial charge < -0.3 is 10.1 Å². The Balaban J connectivity index is 1.54. The third-order valence-electron chi connectivity index (χ3n) is 5.62. The van der Waals surface area contributed by atoms with E-state index < -0.39 is 15.9 Å². The molecule has 32 heavy (non-hydrogen) atoms. The molecule has 0 fully saturated rings. The predicted octanol–water partition coefficient (Wildman–Crippen LogP) is 3.29. The Bertz CT molecular complexity index is 1330. The number of carbonyl (C=O) groups excluding carboxylic acids is 1. The molecule has 2 aliphatic rings. The van der Waals surface area contributed by atoms with Crippen molar-refractivity contribution < 1.29 is 18.1 Å². The fourth-order valence-corrected chi connectivity index (χ4v) is 5.18. The van der Waals surface area contributed by atoms with E-state index in [0.717, 1.165) is 18.4 Å². The first-order chi connectivity index (χ1) is 15.4. The first kappa shape index (κ1) is 20.6. The summed E-state index contributed by atoms with van der Waals surface area (Å²) in [5.74, 6) is -0.0500. The van der Waals surface area contributed by atoms with E-state index in [9.17, 15) is 13.4 Å². The minimum Gasteiger partial charge on any atom is -0.477 e. The van der Waals surface area contributed by atoms with Crippen molar-refractivity contribution in [2.24, 2.45) is 9.50 Å². The molecule has 0 bridgehead atoms. The minimum absolute atomic E-state index is 0.0750. The van der Waals surface area contributed by atoms with Crippen LogP contribution in [0, 0.1) is 5.82 Å². The number of halogens is 1. The Kier molecular flexibility index (Phi) is 5.14. The SMILES string of the molecule is NS(=O)(=NC(=O)Nc1c(-c2ccncc2)cc(F)c2c1CCC2)c1cnn2c1OCCC2. The minimum atomic E-state index is -3.61. The van der Waals surface area contributed by atoms with Crippen molar-refractivity contribution >= 4 is 21.6 Å². The van der Waals surface area contributed by atoms with Crippen molar-refractivity contribution in [3.63, 3.8) is 0 Å². The zero-order chi connectivity index (χ0) is 22.3. The molecule has 2 aromatic heterocycles. The van der Waals surface area contributed by atoms with Crippen LogP contribution >= 0.6 is 0 Å². The summed E-state index contributed by atoms with van der Waals surface area (Å²) in [6.07, 6.45) is 7.25. The lowest BCUT2D eigenvalue weighted by Crippen LogP contribution is -2.21. The maximum Gasteiger partial charge on any atom is 0.354 e. The summed E-state index contributed by atoms with van der Waals surface area (Å²) in [6.45, 7) is 1.05. The van der Waals surface area contributed by atoms with Gasteiger partial charge in [0.1, 0.15) is 10.7 Å². The maximum atomic E-state index is 14.7. The summed E-state index contributed by atoms with van der Waals surface area (Å²) >= 11 is 0. The number of rotatable bonds is 3. The van der Waals surface area contributed by atoms with Gasteiger partial charge in [-0.05, 0) is 54.2 Å². The van der Waals surface area contributed by atoms with Gasteiger partial charge in [0.25, 0.3) is 0 Å². The van der Waals surface area contributed by atoms with Crippen molar-refractivity contribution in [2.75, 3.05) is 11.9 Å². The van der Waals surface area contributed by atoms with Gasteiger partial charge in [0.15, 0.2) is 9.92 Å². The van der Waals surface area contributed by atoms with Crippen LogP contribution in [0.25, 0.3) is 11.1 Å². The van der Waals surface area contributed by atoms with Crippen LogP contribution in [0.1, 0.15) is 24.0 Å². The van der Waals surface area contributed by atoms with E-state index in [-0.39, 0.29) is 16.6 Å². The zero-order valence-electron chi connectivity index (χ0n) is 17.1. The number of ether oxygens (including phenoxy) is 1. The Labute approximate surface area is 184 Å². The number of carbonyl (C=O) groups is 1. The Morgan fingerprint density at radius 3 is 2.84 bits per heavy atom. The van der Waals surface area contributed by atoms with Gasteiger partial charge in [0.2, 0.25) is 5.88 Å². The van der Waals surface area contributed by atoms with Crippen molar-refractivity contribution in [1.82, 2.24) is 14.8 Å². The van der Waals surface area contributed by atoms with Gasteiger partial charge >= 0.3 is 6.03 Å². The van der Waals surface area contributed by atoms with Gasteiger partial charge in [0.05, 0.1) is 18.5 Å². The second kappa shape index (κ2) is 7.99. The van der Waals surface area contributed by atoms with Crippen molar-refractivity contribution in [3.8, 4) is 17.0 Å². The van der Waals surface area contributed by atoms with Gasteiger partial charge in [0, 0.05) is 30.9 Å². The van der Waals surface area contributed by atoms with Crippen LogP contribution in [0.4, 0.5) is 14.9 Å². The number of pyridine rings is 1. The van der Waals surface area contributed by atoms with Crippen LogP contribution in [0.2, 0.25) is 0 Å². The molecule has 2 amide bonds. The molecular formula is C21H21FN6O3S. The molecule has 3 N–H and O–H groups in total. The lowest BCUT2D eigenvalue weighted by Gasteiger charge is -2.17. The largest absolute Gasteiger partial charge is 0.477 e. The summed E-state index contributed by atoms with van der Waals surface area (Å²) in [7, 11) is -3.61. The molecule has 1 aliphatic carbocycles. The van der Waals surface area contributed by atoms with Crippen molar-refractivity contribution in [2.45, 2.75) is 37.1 Å². The number of fused-ring (bicyclic) bond motifs is 2. The molecule has 1 aromatic carbocycles. The van der Waals surface area contributed by atoms with Gasteiger partial charge in [-0.3, -0.25) is 4.98 Å². The summed E-state index contributed by atoms with van der Waals surface area (Å²) in [5.41, 5.74) is 2.93. The molecule has 166 valence electrons. The second-order valence-electron chi connectivity index (χ2n) is 7.66. The van der Waals surface area contributed by atoms with E-state index >= 15 is 0 Å². The van der Waals surface area contributed by atoms with Crippen LogP contribution in [0.5, 0.6) is 5.88 Å². The number of aromatic nitrogens is 3. The van der Waals surface area contributed by atoms with E-state index in [4.69, 9.17) is 9.88 Å².